The van der Waals surface area contributed by atoms with Crippen molar-refractivity contribution in [3.63, 3.8) is 0 Å². The lowest BCUT2D eigenvalue weighted by Gasteiger charge is -2.37. The zero-order valence-corrected chi connectivity index (χ0v) is 19.5. The summed E-state index contributed by atoms with van der Waals surface area (Å²) in [4.78, 5) is 14.8. The third-order valence-corrected chi connectivity index (χ3v) is 6.60. The van der Waals surface area contributed by atoms with Gasteiger partial charge in [0.15, 0.2) is 11.5 Å². The number of alkyl halides is 6. The van der Waals surface area contributed by atoms with Gasteiger partial charge in [-0.2, -0.15) is 26.3 Å². The number of nitrogens with zero attached hydrogens (tertiary/aromatic N) is 2. The molecule has 198 valence electrons. The zero-order chi connectivity index (χ0) is 26.4. The Morgan fingerprint density at radius 3 is 2.38 bits per heavy atom. The molecule has 12 heteroatoms. The molecule has 0 unspecified atom stereocenters. The van der Waals surface area contributed by atoms with Crippen LogP contribution in [0, 0.1) is 0 Å². The topological polar surface area (TPSA) is 55.7 Å². The van der Waals surface area contributed by atoms with Crippen molar-refractivity contribution in [2.75, 3.05) is 24.8 Å². The van der Waals surface area contributed by atoms with Gasteiger partial charge in [0, 0.05) is 24.0 Å². The Labute approximate surface area is 207 Å². The van der Waals surface area contributed by atoms with E-state index in [1.807, 2.05) is 4.90 Å². The van der Waals surface area contributed by atoms with Crippen LogP contribution in [0.1, 0.15) is 24.0 Å². The van der Waals surface area contributed by atoms with Gasteiger partial charge in [0.2, 0.25) is 6.79 Å². The van der Waals surface area contributed by atoms with Gasteiger partial charge < -0.3 is 19.7 Å². The van der Waals surface area contributed by atoms with Crippen LogP contribution in [0.5, 0.6) is 11.5 Å². The highest BCUT2D eigenvalue weighted by atomic mass is 19.4. The van der Waals surface area contributed by atoms with Crippen LogP contribution in [0.2, 0.25) is 0 Å². The summed E-state index contributed by atoms with van der Waals surface area (Å²) in [6.45, 7) is -0.0314. The highest BCUT2D eigenvalue weighted by Gasteiger charge is 2.34. The monoisotopic (exact) mass is 527 g/mol. The highest BCUT2D eigenvalue weighted by Crippen LogP contribution is 2.38. The predicted molar refractivity (Wildman–Crippen MR) is 124 cm³/mol. The number of benzene rings is 2. The number of nitrogens with one attached hydrogen (secondary N) is 1. The van der Waals surface area contributed by atoms with Crippen LogP contribution in [-0.2, 0) is 19.3 Å². The molecule has 1 aromatic heterocycles. The van der Waals surface area contributed by atoms with Crippen molar-refractivity contribution >= 4 is 16.6 Å². The Morgan fingerprint density at radius 1 is 0.946 bits per heavy atom. The highest BCUT2D eigenvalue weighted by molar-refractivity contribution is 5.93. The number of hydrogen-bond donors (Lipinski definition) is 1. The number of rotatable bonds is 5. The van der Waals surface area contributed by atoms with E-state index in [0.29, 0.717) is 48.1 Å². The first-order chi connectivity index (χ1) is 17.5. The molecular weight excluding hydrogens is 504 g/mol. The second kappa shape index (κ2) is 9.47. The quantitative estimate of drug-likeness (QED) is 0.470. The van der Waals surface area contributed by atoms with E-state index in [1.54, 1.807) is 18.2 Å². The number of ether oxygens (including phenoxy) is 2. The number of piperidine rings is 1. The van der Waals surface area contributed by atoms with Crippen molar-refractivity contribution in [2.24, 2.45) is 0 Å². The van der Waals surface area contributed by atoms with Crippen LogP contribution in [0.3, 0.4) is 0 Å². The fourth-order valence-electron chi connectivity index (χ4n) is 4.89. The van der Waals surface area contributed by atoms with Crippen LogP contribution in [-0.4, -0.2) is 36.7 Å². The Bertz CT molecular complexity index is 1360. The first kappa shape index (κ1) is 25.2. The minimum absolute atomic E-state index is 0.0685. The van der Waals surface area contributed by atoms with Crippen molar-refractivity contribution in [1.29, 1.82) is 0 Å². The number of anilines is 1. The van der Waals surface area contributed by atoms with Crippen molar-refractivity contribution in [2.45, 2.75) is 44.3 Å². The summed E-state index contributed by atoms with van der Waals surface area (Å²) in [5.74, 6) is 1.08. The molecule has 0 spiro atoms. The van der Waals surface area contributed by atoms with Crippen LogP contribution in [0.4, 0.5) is 32.0 Å². The van der Waals surface area contributed by atoms with E-state index in [4.69, 9.17) is 9.47 Å². The minimum Gasteiger partial charge on any atom is -0.454 e. The standard InChI is InChI=1S/C25H23F6N3O3/c26-24(27,28)13-34-19-3-2-16(25(29,30)31)10-18(19)20(11-23(34)35)33(17-5-7-32-8-6-17)12-15-1-4-21-22(9-15)37-14-36-21/h1-4,9-11,17,32H,5-8,12-14H2. The average Bonchev–Trinajstić information content (AvgIpc) is 3.31. The molecule has 0 atom stereocenters. The number of hydrogen-bond acceptors (Lipinski definition) is 5. The molecule has 2 aliphatic rings. The van der Waals surface area contributed by atoms with Crippen LogP contribution < -0.4 is 25.2 Å². The van der Waals surface area contributed by atoms with Gasteiger partial charge in [0.05, 0.1) is 16.8 Å². The van der Waals surface area contributed by atoms with E-state index in [2.05, 4.69) is 5.32 Å². The summed E-state index contributed by atoms with van der Waals surface area (Å²) in [7, 11) is 0. The molecule has 3 heterocycles. The fraction of sp³-hybridized carbons (Fsp3) is 0.400. The normalized spacial score (nSPS) is 16.4. The number of aromatic nitrogens is 1. The summed E-state index contributed by atoms with van der Waals surface area (Å²) < 4.78 is 92.0. The smallest absolute Gasteiger partial charge is 0.416 e. The number of fused-ring (bicyclic) bond motifs is 2. The second-order valence-electron chi connectivity index (χ2n) is 9.10. The van der Waals surface area contributed by atoms with E-state index < -0.39 is 30.0 Å². The maximum Gasteiger partial charge on any atom is 0.416 e. The van der Waals surface area contributed by atoms with E-state index >= 15 is 0 Å². The predicted octanol–water partition coefficient (Wildman–Crippen LogP) is 5.07. The molecule has 0 radical (unpaired) electrons. The lowest BCUT2D eigenvalue weighted by Crippen LogP contribution is -2.43. The maximum atomic E-state index is 13.6. The molecule has 1 fully saturated rings. The van der Waals surface area contributed by atoms with E-state index in [-0.39, 0.29) is 36.0 Å². The van der Waals surface area contributed by atoms with Crippen LogP contribution >= 0.6 is 0 Å². The molecule has 5 rings (SSSR count). The third kappa shape index (κ3) is 5.34. The van der Waals surface area contributed by atoms with Crippen molar-refractivity contribution in [1.82, 2.24) is 9.88 Å². The van der Waals surface area contributed by atoms with Gasteiger partial charge in [-0.3, -0.25) is 9.36 Å². The first-order valence-electron chi connectivity index (χ1n) is 11.7. The molecule has 37 heavy (non-hydrogen) atoms. The SMILES string of the molecule is O=c1cc(N(Cc2ccc3c(c2)OCO3)C2CCNCC2)c2cc(C(F)(F)F)ccc2n1CC(F)(F)F. The molecule has 1 N–H and O–H groups in total. The Balaban J connectivity index is 1.68. The molecule has 1 saturated heterocycles. The molecule has 6 nitrogen and oxygen atoms in total. The molecule has 2 aromatic carbocycles. The fourth-order valence-corrected chi connectivity index (χ4v) is 4.89. The van der Waals surface area contributed by atoms with Crippen molar-refractivity contribution in [3.8, 4) is 11.5 Å². The van der Waals surface area contributed by atoms with Gasteiger partial charge in [-0.05, 0) is 61.8 Å². The molecule has 0 aliphatic carbocycles. The van der Waals surface area contributed by atoms with Crippen LogP contribution in [0.15, 0.2) is 47.3 Å². The maximum absolute atomic E-state index is 13.6. The Kier molecular flexibility index (Phi) is 6.47. The lowest BCUT2D eigenvalue weighted by atomic mass is 10.0. The van der Waals surface area contributed by atoms with E-state index in [0.717, 1.165) is 23.8 Å². The molecule has 0 amide bonds. The molecule has 0 saturated carbocycles. The van der Waals surface area contributed by atoms with E-state index in [1.165, 1.54) is 0 Å². The van der Waals surface area contributed by atoms with Gasteiger partial charge >= 0.3 is 12.4 Å². The van der Waals surface area contributed by atoms with Crippen molar-refractivity contribution in [3.05, 3.63) is 63.9 Å². The minimum atomic E-state index is -4.73. The van der Waals surface area contributed by atoms with E-state index in [9.17, 15) is 31.1 Å². The Hall–Kier alpha value is -3.41. The van der Waals surface area contributed by atoms with Gasteiger partial charge in [-0.1, -0.05) is 6.07 Å². The first-order valence-corrected chi connectivity index (χ1v) is 11.7. The Morgan fingerprint density at radius 2 is 1.68 bits per heavy atom. The summed E-state index contributed by atoms with van der Waals surface area (Å²) in [6, 6.07) is 8.58. The summed E-state index contributed by atoms with van der Waals surface area (Å²) >= 11 is 0. The molecule has 2 aliphatic heterocycles. The van der Waals surface area contributed by atoms with Crippen molar-refractivity contribution < 1.29 is 35.8 Å². The van der Waals surface area contributed by atoms with Gasteiger partial charge in [0.1, 0.15) is 6.54 Å². The molecule has 3 aromatic rings. The number of pyridine rings is 1. The molecule has 0 bridgehead atoms. The summed E-state index contributed by atoms with van der Waals surface area (Å²) in [5.41, 5.74) is -1.25. The van der Waals surface area contributed by atoms with Gasteiger partial charge in [-0.25, -0.2) is 0 Å². The zero-order valence-electron chi connectivity index (χ0n) is 19.5. The van der Waals surface area contributed by atoms with Gasteiger partial charge in [-0.15, -0.1) is 0 Å². The third-order valence-electron chi connectivity index (χ3n) is 6.60. The van der Waals surface area contributed by atoms with Crippen LogP contribution in [0.25, 0.3) is 10.9 Å². The lowest BCUT2D eigenvalue weighted by molar-refractivity contribution is -0.140. The number of halogens is 6. The largest absolute Gasteiger partial charge is 0.454 e. The average molecular weight is 527 g/mol. The second-order valence-corrected chi connectivity index (χ2v) is 9.10. The van der Waals surface area contributed by atoms with Gasteiger partial charge in [0.25, 0.3) is 5.56 Å². The summed E-state index contributed by atoms with van der Waals surface area (Å²) in [5, 5.41) is 3.16. The molecular formula is C25H23F6N3O3. The summed E-state index contributed by atoms with van der Waals surface area (Å²) in [6.07, 6.45) is -8.18.